The molecule has 7 heteroatoms. The number of ether oxygens (including phenoxy) is 2. The molecule has 6 nitrogen and oxygen atoms in total. The molecule has 0 radical (unpaired) electrons. The van der Waals surface area contributed by atoms with E-state index < -0.39 is 6.10 Å². The number of piperidine rings is 1. The van der Waals surface area contributed by atoms with Gasteiger partial charge in [-0.2, -0.15) is 0 Å². The van der Waals surface area contributed by atoms with E-state index in [2.05, 4.69) is 5.32 Å². The third-order valence-electron chi connectivity index (χ3n) is 4.95. The average molecular weight is 417 g/mol. The maximum Gasteiger partial charge on any atom is 0.263 e. The molecule has 0 aromatic heterocycles. The van der Waals surface area contributed by atoms with Crippen molar-refractivity contribution in [3.8, 4) is 11.5 Å². The van der Waals surface area contributed by atoms with E-state index in [9.17, 15) is 9.59 Å². The van der Waals surface area contributed by atoms with Crippen molar-refractivity contribution in [3.63, 3.8) is 0 Å². The van der Waals surface area contributed by atoms with Crippen LogP contribution in [0.2, 0.25) is 5.02 Å². The lowest BCUT2D eigenvalue weighted by atomic mass is 10.0. The summed E-state index contributed by atoms with van der Waals surface area (Å²) in [5.41, 5.74) is 0.563. The third-order valence-corrected chi connectivity index (χ3v) is 5.20. The monoisotopic (exact) mass is 416 g/mol. The molecule has 154 valence electrons. The number of nitrogens with one attached hydrogen (secondary N) is 1. The Balaban J connectivity index is 1.48. The lowest BCUT2D eigenvalue weighted by Crippen LogP contribution is -2.49. The van der Waals surface area contributed by atoms with Crippen molar-refractivity contribution in [2.24, 2.45) is 0 Å². The number of carbonyl (C=O) groups is 2. The summed E-state index contributed by atoms with van der Waals surface area (Å²) in [7, 11) is 1.57. The van der Waals surface area contributed by atoms with Gasteiger partial charge in [-0.25, -0.2) is 0 Å². The normalized spacial score (nSPS) is 15.5. The van der Waals surface area contributed by atoms with Crippen LogP contribution in [0.3, 0.4) is 0 Å². The average Bonchev–Trinajstić information content (AvgIpc) is 2.75. The van der Waals surface area contributed by atoms with Crippen molar-refractivity contribution in [1.29, 1.82) is 0 Å². The van der Waals surface area contributed by atoms with Gasteiger partial charge in [-0.05, 0) is 62.2 Å². The second-order valence-electron chi connectivity index (χ2n) is 7.02. The van der Waals surface area contributed by atoms with Crippen LogP contribution in [0.4, 0.5) is 0 Å². The van der Waals surface area contributed by atoms with Gasteiger partial charge in [0.25, 0.3) is 11.8 Å². The minimum atomic E-state index is -0.584. The maximum absolute atomic E-state index is 12.7. The Morgan fingerprint density at radius 3 is 2.45 bits per heavy atom. The van der Waals surface area contributed by atoms with Crippen LogP contribution in [0, 0.1) is 0 Å². The fraction of sp³-hybridized carbons (Fsp3) is 0.364. The molecular formula is C22H25ClN2O4. The first-order valence-corrected chi connectivity index (χ1v) is 10.00. The summed E-state index contributed by atoms with van der Waals surface area (Å²) < 4.78 is 10.9. The molecular weight excluding hydrogens is 392 g/mol. The van der Waals surface area contributed by atoms with Crippen molar-refractivity contribution >= 4 is 23.4 Å². The number of likely N-dealkylation sites (tertiary alicyclic amines) is 1. The predicted octanol–water partition coefficient (Wildman–Crippen LogP) is 3.54. The molecule has 3 rings (SSSR count). The van der Waals surface area contributed by atoms with Gasteiger partial charge in [0.15, 0.2) is 6.10 Å². The first-order chi connectivity index (χ1) is 14.0. The lowest BCUT2D eigenvalue weighted by Gasteiger charge is -2.33. The number of carbonyl (C=O) groups excluding carboxylic acids is 2. The summed E-state index contributed by atoms with van der Waals surface area (Å²) in [5.74, 6) is 1.06. The Hall–Kier alpha value is -2.73. The quantitative estimate of drug-likeness (QED) is 0.782. The number of hydrogen-bond donors (Lipinski definition) is 1. The van der Waals surface area contributed by atoms with Gasteiger partial charge in [-0.3, -0.25) is 9.59 Å². The van der Waals surface area contributed by atoms with Crippen LogP contribution in [0.1, 0.15) is 30.1 Å². The maximum atomic E-state index is 12.7. The molecule has 1 saturated heterocycles. The molecule has 2 aromatic rings. The number of rotatable bonds is 6. The summed E-state index contributed by atoms with van der Waals surface area (Å²) in [6.45, 7) is 2.90. The summed E-state index contributed by atoms with van der Waals surface area (Å²) in [6, 6.07) is 14.0. The van der Waals surface area contributed by atoms with Crippen LogP contribution in [-0.4, -0.2) is 49.1 Å². The van der Waals surface area contributed by atoms with Gasteiger partial charge < -0.3 is 19.7 Å². The summed E-state index contributed by atoms with van der Waals surface area (Å²) in [5, 5.41) is 3.66. The second-order valence-corrected chi connectivity index (χ2v) is 7.46. The van der Waals surface area contributed by atoms with E-state index in [0.717, 1.165) is 0 Å². The van der Waals surface area contributed by atoms with E-state index in [0.29, 0.717) is 48.0 Å². The topological polar surface area (TPSA) is 67.9 Å². The zero-order valence-corrected chi connectivity index (χ0v) is 17.3. The Kier molecular flexibility index (Phi) is 6.99. The molecule has 1 atom stereocenters. The molecule has 0 saturated carbocycles. The van der Waals surface area contributed by atoms with Gasteiger partial charge in [0.2, 0.25) is 0 Å². The first-order valence-electron chi connectivity index (χ1n) is 9.62. The minimum absolute atomic E-state index is 0.0326. The van der Waals surface area contributed by atoms with Crippen molar-refractivity contribution in [2.45, 2.75) is 31.9 Å². The van der Waals surface area contributed by atoms with Gasteiger partial charge in [0.1, 0.15) is 11.5 Å². The number of hydrogen-bond acceptors (Lipinski definition) is 4. The molecule has 0 spiro atoms. The van der Waals surface area contributed by atoms with Crippen molar-refractivity contribution in [1.82, 2.24) is 10.2 Å². The number of methoxy groups -OCH3 is 1. The molecule has 1 heterocycles. The summed E-state index contributed by atoms with van der Waals surface area (Å²) in [6.07, 6.45) is 0.823. The van der Waals surface area contributed by atoms with Crippen LogP contribution in [-0.2, 0) is 4.79 Å². The highest BCUT2D eigenvalue weighted by Crippen LogP contribution is 2.19. The van der Waals surface area contributed by atoms with E-state index in [1.807, 2.05) is 0 Å². The van der Waals surface area contributed by atoms with Crippen molar-refractivity contribution < 1.29 is 19.1 Å². The van der Waals surface area contributed by atoms with Crippen LogP contribution >= 0.6 is 11.6 Å². The van der Waals surface area contributed by atoms with E-state index in [4.69, 9.17) is 21.1 Å². The van der Waals surface area contributed by atoms with Gasteiger partial charge in [0.05, 0.1) is 7.11 Å². The van der Waals surface area contributed by atoms with Crippen LogP contribution in [0.5, 0.6) is 11.5 Å². The smallest absolute Gasteiger partial charge is 0.263 e. The zero-order valence-electron chi connectivity index (χ0n) is 16.6. The van der Waals surface area contributed by atoms with Gasteiger partial charge in [-0.15, -0.1) is 0 Å². The minimum Gasteiger partial charge on any atom is -0.497 e. The lowest BCUT2D eigenvalue weighted by molar-refractivity contribution is -0.139. The number of amides is 2. The van der Waals surface area contributed by atoms with Crippen LogP contribution in [0.25, 0.3) is 0 Å². The third kappa shape index (κ3) is 5.64. The zero-order chi connectivity index (χ0) is 20.8. The molecule has 1 N–H and O–H groups in total. The molecule has 1 aliphatic heterocycles. The largest absolute Gasteiger partial charge is 0.497 e. The summed E-state index contributed by atoms with van der Waals surface area (Å²) in [4.78, 5) is 26.9. The highest BCUT2D eigenvalue weighted by molar-refractivity contribution is 6.30. The fourth-order valence-corrected chi connectivity index (χ4v) is 3.43. The summed E-state index contributed by atoms with van der Waals surface area (Å²) >= 11 is 5.87. The molecule has 2 amide bonds. The Labute approximate surface area is 175 Å². The van der Waals surface area contributed by atoms with Gasteiger partial charge in [-0.1, -0.05) is 17.7 Å². The van der Waals surface area contributed by atoms with E-state index in [1.54, 1.807) is 67.5 Å². The molecule has 29 heavy (non-hydrogen) atoms. The Morgan fingerprint density at radius 1 is 1.10 bits per heavy atom. The Bertz CT molecular complexity index is 848. The van der Waals surface area contributed by atoms with Gasteiger partial charge in [0, 0.05) is 29.7 Å². The molecule has 2 aromatic carbocycles. The number of halogens is 1. The first kappa shape index (κ1) is 21.0. The molecule has 1 unspecified atom stereocenters. The molecule has 0 bridgehead atoms. The number of benzene rings is 2. The molecule has 1 aliphatic rings. The predicted molar refractivity (Wildman–Crippen MR) is 112 cm³/mol. The van der Waals surface area contributed by atoms with E-state index in [1.165, 1.54) is 0 Å². The van der Waals surface area contributed by atoms with E-state index >= 15 is 0 Å². The molecule has 0 aliphatic carbocycles. The van der Waals surface area contributed by atoms with Gasteiger partial charge >= 0.3 is 0 Å². The Morgan fingerprint density at radius 2 is 1.79 bits per heavy atom. The number of nitrogens with zero attached hydrogens (tertiary/aromatic N) is 1. The van der Waals surface area contributed by atoms with Crippen LogP contribution < -0.4 is 14.8 Å². The highest BCUT2D eigenvalue weighted by Gasteiger charge is 2.28. The second kappa shape index (κ2) is 9.65. The molecule has 1 fully saturated rings. The van der Waals surface area contributed by atoms with Crippen molar-refractivity contribution in [3.05, 3.63) is 59.1 Å². The fourth-order valence-electron chi connectivity index (χ4n) is 3.30. The van der Waals surface area contributed by atoms with E-state index in [-0.39, 0.29) is 17.9 Å². The SMILES string of the molecule is COc1cccc(C(=O)NC2CCN(C(=O)C(C)Oc3ccc(Cl)cc3)CC2)c1. The standard InChI is InChI=1S/C22H25ClN2O4/c1-15(29-19-8-6-17(23)7-9-19)22(27)25-12-10-18(11-13-25)24-21(26)16-4-3-5-20(14-16)28-2/h3-9,14-15,18H,10-13H2,1-2H3,(H,24,26). The highest BCUT2D eigenvalue weighted by atomic mass is 35.5. The van der Waals surface area contributed by atoms with Crippen molar-refractivity contribution in [2.75, 3.05) is 20.2 Å². The van der Waals surface area contributed by atoms with Crippen LogP contribution in [0.15, 0.2) is 48.5 Å².